The minimum Gasteiger partial charge on any atom is -0.358 e. The molecule has 0 aliphatic rings. The van der Waals surface area contributed by atoms with Crippen molar-refractivity contribution in [1.29, 1.82) is 0 Å². The van der Waals surface area contributed by atoms with E-state index in [0.29, 0.717) is 0 Å². The molecule has 0 rings (SSSR count). The lowest BCUT2D eigenvalue weighted by Gasteiger charge is -2.09. The summed E-state index contributed by atoms with van der Waals surface area (Å²) >= 11 is 0. The van der Waals surface area contributed by atoms with Crippen LogP contribution in [-0.4, -0.2) is 29.4 Å². The maximum absolute atomic E-state index is 5.12. The molecular formula is C6H18O2Si. The predicted molar refractivity (Wildman–Crippen MR) is 43.7 cm³/mol. The van der Waals surface area contributed by atoms with E-state index in [4.69, 9.17) is 9.47 Å². The quantitative estimate of drug-likeness (QED) is 0.425. The van der Waals surface area contributed by atoms with Gasteiger partial charge in [0.05, 0.1) is 10.2 Å². The summed E-state index contributed by atoms with van der Waals surface area (Å²) in [6.45, 7) is 5.47. The summed E-state index contributed by atoms with van der Waals surface area (Å²) in [7, 11) is 0.964. The molecule has 0 bridgehead atoms. The van der Waals surface area contributed by atoms with Crippen LogP contribution >= 0.6 is 0 Å². The van der Waals surface area contributed by atoms with Gasteiger partial charge in [-0.1, -0.05) is 7.43 Å². The third kappa shape index (κ3) is 8.14. The molecule has 58 valence electrons. The highest BCUT2D eigenvalue weighted by atomic mass is 28.1. The molecule has 0 aromatic heterocycles. The van der Waals surface area contributed by atoms with Gasteiger partial charge in [0.15, 0.2) is 0 Å². The first-order valence-corrected chi connectivity index (χ1v) is 4.20. The maximum atomic E-state index is 5.12. The maximum Gasteiger partial charge on any atom is 0.131 e. The van der Waals surface area contributed by atoms with E-state index >= 15 is 0 Å². The van der Waals surface area contributed by atoms with Gasteiger partial charge in [-0.3, -0.25) is 0 Å². The molecule has 0 aromatic rings. The fourth-order valence-electron chi connectivity index (χ4n) is 0.518. The van der Waals surface area contributed by atoms with Crippen molar-refractivity contribution in [2.24, 2.45) is 0 Å². The van der Waals surface area contributed by atoms with Crippen LogP contribution in [0.3, 0.4) is 0 Å². The Balaban J connectivity index is 0. The summed E-state index contributed by atoms with van der Waals surface area (Å²) in [5.41, 5.74) is 0. The van der Waals surface area contributed by atoms with E-state index < -0.39 is 0 Å². The van der Waals surface area contributed by atoms with Gasteiger partial charge in [-0.25, -0.2) is 0 Å². The van der Waals surface area contributed by atoms with Gasteiger partial charge in [-0.2, -0.15) is 0 Å². The van der Waals surface area contributed by atoms with Crippen molar-refractivity contribution in [3.63, 3.8) is 0 Å². The number of rotatable bonds is 4. The fraction of sp³-hybridized carbons (Fsp3) is 1.00. The van der Waals surface area contributed by atoms with Gasteiger partial charge < -0.3 is 9.47 Å². The van der Waals surface area contributed by atoms with Gasteiger partial charge in [0.25, 0.3) is 0 Å². The van der Waals surface area contributed by atoms with Crippen molar-refractivity contribution in [3.8, 4) is 0 Å². The second-order valence-electron chi connectivity index (χ2n) is 1.48. The van der Waals surface area contributed by atoms with Gasteiger partial charge in [-0.15, -0.1) is 0 Å². The molecular weight excluding hydrogens is 132 g/mol. The second-order valence-corrected chi connectivity index (χ2v) is 2.42. The van der Waals surface area contributed by atoms with Crippen LogP contribution in [0.2, 0.25) is 0 Å². The van der Waals surface area contributed by atoms with Gasteiger partial charge >= 0.3 is 0 Å². The van der Waals surface area contributed by atoms with Gasteiger partial charge in [0, 0.05) is 13.2 Å². The zero-order valence-corrected chi connectivity index (χ0v) is 7.81. The van der Waals surface area contributed by atoms with E-state index in [1.807, 2.05) is 13.8 Å². The van der Waals surface area contributed by atoms with Crippen LogP contribution in [0.15, 0.2) is 0 Å². The highest BCUT2D eigenvalue weighted by molar-refractivity contribution is 6.09. The smallest absolute Gasteiger partial charge is 0.131 e. The zero-order chi connectivity index (χ0) is 6.41. The zero-order valence-electron chi connectivity index (χ0n) is 5.81. The van der Waals surface area contributed by atoms with Gasteiger partial charge in [0.1, 0.15) is 5.91 Å². The molecule has 0 aliphatic heterocycles. The van der Waals surface area contributed by atoms with Crippen LogP contribution in [0.1, 0.15) is 21.3 Å². The third-order valence-electron chi connectivity index (χ3n) is 0.803. The minimum atomic E-state index is 0. The summed E-state index contributed by atoms with van der Waals surface area (Å²) in [6.07, 6.45) is 0. The molecule has 0 N–H and O–H groups in total. The lowest BCUT2D eigenvalue weighted by Crippen LogP contribution is -2.16. The molecule has 0 fully saturated rings. The van der Waals surface area contributed by atoms with Crippen LogP contribution < -0.4 is 0 Å². The van der Waals surface area contributed by atoms with Crippen molar-refractivity contribution < 1.29 is 9.47 Å². The summed E-state index contributed by atoms with van der Waals surface area (Å²) < 4.78 is 10.2. The Hall–Kier alpha value is 0.137. The minimum absolute atomic E-state index is 0. The first-order chi connectivity index (χ1) is 3.81. The average Bonchev–Trinajstić information content (AvgIpc) is 1.68. The SMILES string of the molecule is C.CCOC([SiH3])OCC. The number of ether oxygens (including phenoxy) is 2. The van der Waals surface area contributed by atoms with Crippen molar-refractivity contribution in [3.05, 3.63) is 0 Å². The Morgan fingerprint density at radius 2 is 1.56 bits per heavy atom. The monoisotopic (exact) mass is 150 g/mol. The molecule has 0 spiro atoms. The van der Waals surface area contributed by atoms with Crippen LogP contribution in [-0.2, 0) is 9.47 Å². The summed E-state index contributed by atoms with van der Waals surface area (Å²) in [4.78, 5) is 0. The Bertz CT molecular complexity index is 44.3. The summed E-state index contributed by atoms with van der Waals surface area (Å²) in [6, 6.07) is 0. The first kappa shape index (κ1) is 11.9. The van der Waals surface area contributed by atoms with Gasteiger partial charge in [0.2, 0.25) is 0 Å². The van der Waals surface area contributed by atoms with Crippen molar-refractivity contribution in [2.45, 2.75) is 27.2 Å². The highest BCUT2D eigenvalue weighted by Gasteiger charge is 1.94. The van der Waals surface area contributed by atoms with Crippen LogP contribution in [0, 0.1) is 0 Å². The van der Waals surface area contributed by atoms with Crippen LogP contribution in [0.4, 0.5) is 0 Å². The van der Waals surface area contributed by atoms with Crippen molar-refractivity contribution in [1.82, 2.24) is 0 Å². The molecule has 0 atom stereocenters. The van der Waals surface area contributed by atoms with Crippen LogP contribution in [0.5, 0.6) is 0 Å². The molecule has 0 unspecified atom stereocenters. The molecule has 0 aromatic carbocycles. The van der Waals surface area contributed by atoms with E-state index in [9.17, 15) is 0 Å². The van der Waals surface area contributed by atoms with E-state index in [2.05, 4.69) is 0 Å². The fourth-order valence-corrected chi connectivity index (χ4v) is 1.18. The Kier molecular flexibility index (Phi) is 10.7. The second kappa shape index (κ2) is 8.14. The van der Waals surface area contributed by atoms with Crippen molar-refractivity contribution >= 4 is 10.2 Å². The lowest BCUT2D eigenvalue weighted by atomic mass is 10.9. The Morgan fingerprint density at radius 1 is 1.22 bits per heavy atom. The molecule has 0 heterocycles. The number of hydrogen-bond acceptors (Lipinski definition) is 2. The normalized spacial score (nSPS) is 9.67. The van der Waals surface area contributed by atoms with Gasteiger partial charge in [-0.05, 0) is 13.8 Å². The van der Waals surface area contributed by atoms with Crippen molar-refractivity contribution in [2.75, 3.05) is 13.2 Å². The molecule has 2 nitrogen and oxygen atoms in total. The number of hydrogen-bond donors (Lipinski definition) is 0. The Morgan fingerprint density at radius 3 is 1.78 bits per heavy atom. The average molecular weight is 150 g/mol. The van der Waals surface area contributed by atoms with E-state index in [1.54, 1.807) is 0 Å². The molecule has 9 heavy (non-hydrogen) atoms. The Labute approximate surface area is 61.0 Å². The molecule has 0 saturated heterocycles. The highest BCUT2D eigenvalue weighted by Crippen LogP contribution is 1.86. The lowest BCUT2D eigenvalue weighted by molar-refractivity contribution is -0.0801. The molecule has 3 heteroatoms. The van der Waals surface area contributed by atoms with Crippen LogP contribution in [0.25, 0.3) is 0 Å². The topological polar surface area (TPSA) is 18.5 Å². The predicted octanol–water partition coefficient (Wildman–Crippen LogP) is 0.344. The molecule has 0 saturated carbocycles. The summed E-state index contributed by atoms with van der Waals surface area (Å²) in [5, 5.41) is 0. The third-order valence-corrected chi connectivity index (χ3v) is 1.47. The van der Waals surface area contributed by atoms with E-state index in [-0.39, 0.29) is 13.3 Å². The summed E-state index contributed by atoms with van der Waals surface area (Å²) in [5.74, 6) is 0.102. The first-order valence-electron chi connectivity index (χ1n) is 3.04. The molecule has 0 aliphatic carbocycles. The largest absolute Gasteiger partial charge is 0.358 e. The molecule has 0 radical (unpaired) electrons. The van der Waals surface area contributed by atoms with E-state index in [0.717, 1.165) is 23.5 Å². The van der Waals surface area contributed by atoms with E-state index in [1.165, 1.54) is 0 Å². The standard InChI is InChI=1S/C5H14O2Si.CH4/c1-3-6-5(8)7-4-2;/h5H,3-4H2,1-2,8H3;1H4. The molecule has 0 amide bonds.